The van der Waals surface area contributed by atoms with Gasteiger partial charge in [0.25, 0.3) is 5.91 Å². The number of nitrogens with one attached hydrogen (secondary N) is 3. The van der Waals surface area contributed by atoms with Gasteiger partial charge in [0, 0.05) is 0 Å². The highest BCUT2D eigenvalue weighted by Gasteiger charge is 2.16. The van der Waals surface area contributed by atoms with E-state index in [1.807, 2.05) is 37.3 Å². The van der Waals surface area contributed by atoms with Gasteiger partial charge < -0.3 is 10.6 Å². The van der Waals surface area contributed by atoms with Crippen LogP contribution in [-0.4, -0.2) is 32.7 Å². The van der Waals surface area contributed by atoms with Gasteiger partial charge in [-0.05, 0) is 31.5 Å². The highest BCUT2D eigenvalue weighted by molar-refractivity contribution is 7.99. The van der Waals surface area contributed by atoms with E-state index in [2.05, 4.69) is 25.8 Å². The lowest BCUT2D eigenvalue weighted by molar-refractivity contribution is -0.113. The molecule has 28 heavy (non-hydrogen) atoms. The summed E-state index contributed by atoms with van der Waals surface area (Å²) in [6, 6.07) is 16.5. The van der Waals surface area contributed by atoms with Crippen LogP contribution in [-0.2, 0) is 4.79 Å². The Balaban J connectivity index is 1.63. The van der Waals surface area contributed by atoms with Crippen molar-refractivity contribution in [2.24, 2.45) is 0 Å². The van der Waals surface area contributed by atoms with Crippen LogP contribution in [0.25, 0.3) is 0 Å². The van der Waals surface area contributed by atoms with Gasteiger partial charge in [0.2, 0.25) is 11.1 Å². The number of nitrogens with zero attached hydrogens (tertiary/aromatic N) is 2. The molecule has 0 saturated heterocycles. The number of thioether (sulfide) groups is 1. The van der Waals surface area contributed by atoms with E-state index in [0.29, 0.717) is 22.2 Å². The minimum atomic E-state index is -0.246. The number of rotatable bonds is 7. The largest absolute Gasteiger partial charge is 0.345 e. The normalized spacial score (nSPS) is 11.6. The summed E-state index contributed by atoms with van der Waals surface area (Å²) < 4.78 is 0. The first-order valence-corrected chi connectivity index (χ1v) is 9.78. The number of H-pyrrole nitrogens is 1. The van der Waals surface area contributed by atoms with Crippen molar-refractivity contribution in [3.63, 3.8) is 0 Å². The molecule has 8 heteroatoms. The first-order valence-electron chi connectivity index (χ1n) is 8.79. The van der Waals surface area contributed by atoms with Gasteiger partial charge in [-0.2, -0.15) is 0 Å². The van der Waals surface area contributed by atoms with Crippen molar-refractivity contribution >= 4 is 29.3 Å². The fourth-order valence-corrected chi connectivity index (χ4v) is 3.24. The quantitative estimate of drug-likeness (QED) is 0.533. The predicted molar refractivity (Wildman–Crippen MR) is 109 cm³/mol. The Morgan fingerprint density at radius 1 is 1.11 bits per heavy atom. The SMILES string of the molecule is Cc1nc(SCC(=O)Nc2ccccc2C(=O)NC(C)c2ccccc2)n[nH]1. The van der Waals surface area contributed by atoms with Crippen molar-refractivity contribution in [1.29, 1.82) is 0 Å². The molecule has 0 aliphatic rings. The van der Waals surface area contributed by atoms with E-state index in [1.54, 1.807) is 31.2 Å². The molecular formula is C20H21N5O2S. The maximum absolute atomic E-state index is 12.7. The van der Waals surface area contributed by atoms with Crippen LogP contribution in [0, 0.1) is 6.92 Å². The van der Waals surface area contributed by atoms with Crippen LogP contribution in [0.3, 0.4) is 0 Å². The zero-order valence-electron chi connectivity index (χ0n) is 15.6. The Bertz CT molecular complexity index is 958. The third kappa shape index (κ3) is 5.20. The van der Waals surface area contributed by atoms with Gasteiger partial charge in [-0.1, -0.05) is 54.2 Å². The van der Waals surface area contributed by atoms with Crippen molar-refractivity contribution in [1.82, 2.24) is 20.5 Å². The van der Waals surface area contributed by atoms with Gasteiger partial charge in [0.15, 0.2) is 0 Å². The van der Waals surface area contributed by atoms with E-state index >= 15 is 0 Å². The average molecular weight is 395 g/mol. The minimum Gasteiger partial charge on any atom is -0.345 e. The van der Waals surface area contributed by atoms with Crippen LogP contribution in [0.4, 0.5) is 5.69 Å². The summed E-state index contributed by atoms with van der Waals surface area (Å²) in [7, 11) is 0. The Kier molecular flexibility index (Phi) is 6.44. The number of anilines is 1. The van der Waals surface area contributed by atoms with Gasteiger partial charge in [-0.25, -0.2) is 4.98 Å². The van der Waals surface area contributed by atoms with E-state index in [-0.39, 0.29) is 23.6 Å². The second-order valence-corrected chi connectivity index (χ2v) is 7.13. The third-order valence-corrected chi connectivity index (χ3v) is 4.85. The molecule has 0 fully saturated rings. The highest BCUT2D eigenvalue weighted by Crippen LogP contribution is 2.19. The molecule has 3 N–H and O–H groups in total. The first-order chi connectivity index (χ1) is 13.5. The van der Waals surface area contributed by atoms with Crippen LogP contribution in [0.5, 0.6) is 0 Å². The van der Waals surface area contributed by atoms with Gasteiger partial charge in [0.1, 0.15) is 5.82 Å². The van der Waals surface area contributed by atoms with E-state index in [4.69, 9.17) is 0 Å². The molecule has 0 saturated carbocycles. The summed E-state index contributed by atoms with van der Waals surface area (Å²) in [6.07, 6.45) is 0. The van der Waals surface area contributed by atoms with Crippen LogP contribution in [0.15, 0.2) is 59.8 Å². The fraction of sp³-hybridized carbons (Fsp3) is 0.200. The van der Waals surface area contributed by atoms with E-state index in [1.165, 1.54) is 11.8 Å². The second kappa shape index (κ2) is 9.18. The molecule has 7 nitrogen and oxygen atoms in total. The molecule has 144 valence electrons. The fourth-order valence-electron chi connectivity index (χ4n) is 2.59. The number of aromatic amines is 1. The molecule has 0 aliphatic heterocycles. The standard InChI is InChI=1S/C20H21N5O2S/c1-13(15-8-4-3-5-9-15)21-19(27)16-10-6-7-11-17(16)23-18(26)12-28-20-22-14(2)24-25-20/h3-11,13H,12H2,1-2H3,(H,21,27)(H,23,26)(H,22,24,25). The number of aryl methyl sites for hydroxylation is 1. The van der Waals surface area contributed by atoms with Crippen LogP contribution in [0.1, 0.15) is 34.7 Å². The summed E-state index contributed by atoms with van der Waals surface area (Å²) >= 11 is 1.22. The minimum absolute atomic E-state index is 0.146. The molecule has 0 aliphatic carbocycles. The van der Waals surface area contributed by atoms with Gasteiger partial charge in [0.05, 0.1) is 23.0 Å². The van der Waals surface area contributed by atoms with E-state index in [9.17, 15) is 9.59 Å². The lowest BCUT2D eigenvalue weighted by Crippen LogP contribution is -2.28. The number of amides is 2. The first kappa shape index (κ1) is 19.6. The summed E-state index contributed by atoms with van der Waals surface area (Å²) in [6.45, 7) is 3.71. The molecular weight excluding hydrogens is 374 g/mol. The molecule has 1 unspecified atom stereocenters. The van der Waals surface area contributed by atoms with Crippen molar-refractivity contribution in [3.05, 3.63) is 71.5 Å². The second-order valence-electron chi connectivity index (χ2n) is 6.19. The molecule has 1 aromatic heterocycles. The average Bonchev–Trinajstić information content (AvgIpc) is 3.12. The Labute approximate surface area is 167 Å². The van der Waals surface area contributed by atoms with E-state index in [0.717, 1.165) is 5.56 Å². The molecule has 3 rings (SSSR count). The molecule has 1 heterocycles. The molecule has 0 radical (unpaired) electrons. The smallest absolute Gasteiger partial charge is 0.253 e. The van der Waals surface area contributed by atoms with Crippen LogP contribution in [0.2, 0.25) is 0 Å². The van der Waals surface area contributed by atoms with Crippen molar-refractivity contribution in [3.8, 4) is 0 Å². The number of hydrogen-bond donors (Lipinski definition) is 3. The Morgan fingerprint density at radius 2 is 1.82 bits per heavy atom. The Hall–Kier alpha value is -3.13. The van der Waals surface area contributed by atoms with Crippen molar-refractivity contribution in [2.45, 2.75) is 25.0 Å². The highest BCUT2D eigenvalue weighted by atomic mass is 32.2. The number of benzene rings is 2. The molecule has 2 amide bonds. The van der Waals surface area contributed by atoms with Gasteiger partial charge in [-0.3, -0.25) is 14.7 Å². The monoisotopic (exact) mass is 395 g/mol. The summed E-state index contributed by atoms with van der Waals surface area (Å²) in [5, 5.41) is 13.0. The number of hydrogen-bond acceptors (Lipinski definition) is 5. The predicted octanol–water partition coefficient (Wildman–Crippen LogP) is 3.33. The molecule has 0 bridgehead atoms. The number of aromatic nitrogens is 3. The zero-order chi connectivity index (χ0) is 19.9. The number of carbonyl (C=O) groups is 2. The number of carbonyl (C=O) groups excluding carboxylic acids is 2. The van der Waals surface area contributed by atoms with E-state index < -0.39 is 0 Å². The van der Waals surface area contributed by atoms with Crippen LogP contribution < -0.4 is 10.6 Å². The summed E-state index contributed by atoms with van der Waals surface area (Å²) in [5.41, 5.74) is 1.89. The lowest BCUT2D eigenvalue weighted by Gasteiger charge is -2.16. The van der Waals surface area contributed by atoms with Gasteiger partial charge >= 0.3 is 0 Å². The maximum Gasteiger partial charge on any atom is 0.253 e. The zero-order valence-corrected chi connectivity index (χ0v) is 16.4. The maximum atomic E-state index is 12.7. The van der Waals surface area contributed by atoms with Crippen molar-refractivity contribution in [2.75, 3.05) is 11.1 Å². The molecule has 3 aromatic rings. The lowest BCUT2D eigenvalue weighted by atomic mass is 10.1. The topological polar surface area (TPSA) is 99.8 Å². The van der Waals surface area contributed by atoms with Gasteiger partial charge in [-0.15, -0.1) is 5.10 Å². The Morgan fingerprint density at radius 3 is 2.54 bits per heavy atom. The molecule has 1 atom stereocenters. The molecule has 0 spiro atoms. The molecule has 2 aromatic carbocycles. The number of para-hydroxylation sites is 1. The van der Waals surface area contributed by atoms with Crippen molar-refractivity contribution < 1.29 is 9.59 Å². The summed E-state index contributed by atoms with van der Waals surface area (Å²) in [4.78, 5) is 29.2. The van der Waals surface area contributed by atoms with Crippen LogP contribution >= 0.6 is 11.8 Å². The third-order valence-electron chi connectivity index (χ3n) is 4.00. The summed E-state index contributed by atoms with van der Waals surface area (Å²) in [5.74, 6) is 0.360.